The molecule has 0 saturated carbocycles. The Balaban J connectivity index is 2.93. The number of carbonyl (C=O) groups is 1. The molecular formula is C11H10O4. The Kier molecular flexibility index (Phi) is 3.72. The number of rotatable bonds is 2. The third-order valence-corrected chi connectivity index (χ3v) is 1.70. The highest BCUT2D eigenvalue weighted by Gasteiger charge is 2.08. The van der Waals surface area contributed by atoms with Crippen molar-refractivity contribution in [3.05, 3.63) is 29.3 Å². The molecule has 3 N–H and O–H groups in total. The highest BCUT2D eigenvalue weighted by Crippen LogP contribution is 2.18. The maximum atomic E-state index is 10.6. The topological polar surface area (TPSA) is 77.8 Å². The first kappa shape index (κ1) is 11.1. The van der Waals surface area contributed by atoms with E-state index >= 15 is 0 Å². The molecular weight excluding hydrogens is 196 g/mol. The zero-order chi connectivity index (χ0) is 11.3. The second-order valence-electron chi connectivity index (χ2n) is 2.81. The van der Waals surface area contributed by atoms with Gasteiger partial charge in [-0.25, -0.2) is 4.79 Å². The minimum Gasteiger partial charge on any atom is -0.507 e. The number of carboxylic acids is 1. The van der Waals surface area contributed by atoms with Crippen LogP contribution in [0.4, 0.5) is 0 Å². The van der Waals surface area contributed by atoms with Crippen LogP contribution in [-0.2, 0) is 0 Å². The number of aliphatic hydroxyl groups is 1. The van der Waals surface area contributed by atoms with E-state index in [0.29, 0.717) is 12.0 Å². The van der Waals surface area contributed by atoms with Crippen LogP contribution in [0.5, 0.6) is 5.75 Å². The number of carboxylic acid groups (broad SMARTS) is 1. The zero-order valence-electron chi connectivity index (χ0n) is 7.90. The molecule has 0 heterocycles. The standard InChI is InChI=1S/C11H10O4/c12-6-2-1-3-8-4-5-9(11(14)15)10(13)7-8/h4-5,7,12-13H,2,6H2,(H,14,15). The zero-order valence-corrected chi connectivity index (χ0v) is 7.90. The minimum absolute atomic E-state index is 0.0216. The van der Waals surface area contributed by atoms with Crippen molar-refractivity contribution < 1.29 is 20.1 Å². The Labute approximate surface area is 86.8 Å². The van der Waals surface area contributed by atoms with Gasteiger partial charge in [-0.3, -0.25) is 0 Å². The Bertz CT molecular complexity index is 426. The van der Waals surface area contributed by atoms with E-state index in [2.05, 4.69) is 11.8 Å². The van der Waals surface area contributed by atoms with Gasteiger partial charge >= 0.3 is 5.97 Å². The van der Waals surface area contributed by atoms with Crippen LogP contribution in [-0.4, -0.2) is 27.9 Å². The van der Waals surface area contributed by atoms with Crippen molar-refractivity contribution in [2.75, 3.05) is 6.61 Å². The molecule has 0 aliphatic carbocycles. The second-order valence-corrected chi connectivity index (χ2v) is 2.81. The summed E-state index contributed by atoms with van der Waals surface area (Å²) in [4.78, 5) is 10.6. The van der Waals surface area contributed by atoms with Gasteiger partial charge in [0.2, 0.25) is 0 Å². The van der Waals surface area contributed by atoms with Gasteiger partial charge in [0.15, 0.2) is 0 Å². The molecule has 0 atom stereocenters. The van der Waals surface area contributed by atoms with Gasteiger partial charge in [0.1, 0.15) is 11.3 Å². The normalized spacial score (nSPS) is 9.13. The van der Waals surface area contributed by atoms with Gasteiger partial charge in [-0.2, -0.15) is 0 Å². The van der Waals surface area contributed by atoms with Gasteiger partial charge < -0.3 is 15.3 Å². The molecule has 0 spiro atoms. The van der Waals surface area contributed by atoms with Crippen LogP contribution in [0.3, 0.4) is 0 Å². The molecule has 0 unspecified atom stereocenters. The molecule has 0 aliphatic rings. The minimum atomic E-state index is -1.18. The van der Waals surface area contributed by atoms with Crippen molar-refractivity contribution in [3.63, 3.8) is 0 Å². The van der Waals surface area contributed by atoms with E-state index in [4.69, 9.17) is 10.2 Å². The Morgan fingerprint density at radius 3 is 2.67 bits per heavy atom. The maximum absolute atomic E-state index is 10.6. The van der Waals surface area contributed by atoms with Gasteiger partial charge in [-0.15, -0.1) is 0 Å². The van der Waals surface area contributed by atoms with Gasteiger partial charge in [-0.1, -0.05) is 11.8 Å². The van der Waals surface area contributed by atoms with Gasteiger partial charge in [0, 0.05) is 12.0 Å². The first-order chi connectivity index (χ1) is 7.15. The van der Waals surface area contributed by atoms with Crippen molar-refractivity contribution in [2.24, 2.45) is 0 Å². The van der Waals surface area contributed by atoms with Crippen LogP contribution in [0.1, 0.15) is 22.3 Å². The highest BCUT2D eigenvalue weighted by atomic mass is 16.4. The van der Waals surface area contributed by atoms with E-state index in [1.807, 2.05) is 0 Å². The van der Waals surface area contributed by atoms with Crippen LogP contribution in [0.15, 0.2) is 18.2 Å². The first-order valence-electron chi connectivity index (χ1n) is 4.31. The average molecular weight is 206 g/mol. The molecule has 0 radical (unpaired) electrons. The molecule has 0 fully saturated rings. The predicted octanol–water partition coefficient (Wildman–Crippen LogP) is 0.824. The maximum Gasteiger partial charge on any atom is 0.339 e. The summed E-state index contributed by atoms with van der Waals surface area (Å²) in [5.74, 6) is 3.87. The summed E-state index contributed by atoms with van der Waals surface area (Å²) in [6.45, 7) is -0.0216. The lowest BCUT2D eigenvalue weighted by atomic mass is 10.1. The Morgan fingerprint density at radius 1 is 1.40 bits per heavy atom. The van der Waals surface area contributed by atoms with Crippen LogP contribution >= 0.6 is 0 Å². The molecule has 1 rings (SSSR count). The third-order valence-electron chi connectivity index (χ3n) is 1.70. The van der Waals surface area contributed by atoms with E-state index < -0.39 is 5.97 Å². The second kappa shape index (κ2) is 5.03. The molecule has 0 amide bonds. The summed E-state index contributed by atoms with van der Waals surface area (Å²) in [5.41, 5.74) is 0.369. The number of aromatic carboxylic acids is 1. The van der Waals surface area contributed by atoms with Crippen LogP contribution in [0.2, 0.25) is 0 Å². The molecule has 78 valence electrons. The van der Waals surface area contributed by atoms with Crippen molar-refractivity contribution in [1.82, 2.24) is 0 Å². The Hall–Kier alpha value is -1.99. The van der Waals surface area contributed by atoms with Gasteiger partial charge in [0.25, 0.3) is 0 Å². The number of aromatic hydroxyl groups is 1. The van der Waals surface area contributed by atoms with Crippen molar-refractivity contribution >= 4 is 5.97 Å². The molecule has 4 heteroatoms. The SMILES string of the molecule is O=C(O)c1ccc(C#CCCO)cc1O. The molecule has 0 saturated heterocycles. The van der Waals surface area contributed by atoms with Crippen molar-refractivity contribution in [1.29, 1.82) is 0 Å². The van der Waals surface area contributed by atoms with Gasteiger partial charge in [0.05, 0.1) is 6.61 Å². The Morgan fingerprint density at radius 2 is 2.13 bits per heavy atom. The number of phenols is 1. The van der Waals surface area contributed by atoms with Crippen LogP contribution in [0, 0.1) is 11.8 Å². The molecule has 1 aromatic carbocycles. The fraction of sp³-hybridized carbons (Fsp3) is 0.182. The van der Waals surface area contributed by atoms with E-state index in [0.717, 1.165) is 0 Å². The van der Waals surface area contributed by atoms with Crippen LogP contribution in [0.25, 0.3) is 0 Å². The molecule has 4 nitrogen and oxygen atoms in total. The van der Waals surface area contributed by atoms with Crippen molar-refractivity contribution in [3.8, 4) is 17.6 Å². The monoisotopic (exact) mass is 206 g/mol. The van der Waals surface area contributed by atoms with E-state index in [1.54, 1.807) is 0 Å². The smallest absolute Gasteiger partial charge is 0.339 e. The third kappa shape index (κ3) is 3.01. The molecule has 0 aliphatic heterocycles. The summed E-state index contributed by atoms with van der Waals surface area (Å²) in [6, 6.07) is 4.09. The van der Waals surface area contributed by atoms with E-state index in [9.17, 15) is 9.90 Å². The summed E-state index contributed by atoms with van der Waals surface area (Å²) >= 11 is 0. The van der Waals surface area contributed by atoms with Crippen molar-refractivity contribution in [2.45, 2.75) is 6.42 Å². The number of hydrogen-bond acceptors (Lipinski definition) is 3. The largest absolute Gasteiger partial charge is 0.507 e. The average Bonchev–Trinajstić information content (AvgIpc) is 2.17. The highest BCUT2D eigenvalue weighted by molar-refractivity contribution is 5.90. The number of hydrogen-bond donors (Lipinski definition) is 3. The molecule has 0 bridgehead atoms. The summed E-state index contributed by atoms with van der Waals surface area (Å²) in [6.07, 6.45) is 0.349. The van der Waals surface area contributed by atoms with Gasteiger partial charge in [-0.05, 0) is 18.2 Å². The summed E-state index contributed by atoms with van der Waals surface area (Å²) < 4.78 is 0. The van der Waals surface area contributed by atoms with E-state index in [-0.39, 0.29) is 17.9 Å². The first-order valence-corrected chi connectivity index (χ1v) is 4.31. The molecule has 15 heavy (non-hydrogen) atoms. The summed E-state index contributed by atoms with van der Waals surface area (Å²) in [7, 11) is 0. The molecule has 0 aromatic heterocycles. The lowest BCUT2D eigenvalue weighted by molar-refractivity contribution is 0.0694. The van der Waals surface area contributed by atoms with E-state index in [1.165, 1.54) is 18.2 Å². The fourth-order valence-electron chi connectivity index (χ4n) is 1.01. The lowest BCUT2D eigenvalue weighted by Gasteiger charge is -1.98. The fourth-order valence-corrected chi connectivity index (χ4v) is 1.01. The summed E-state index contributed by atoms with van der Waals surface area (Å²) in [5, 5.41) is 26.4. The quantitative estimate of drug-likeness (QED) is 0.626. The predicted molar refractivity (Wildman–Crippen MR) is 53.6 cm³/mol. The lowest BCUT2D eigenvalue weighted by Crippen LogP contribution is -1.96. The number of aliphatic hydroxyl groups excluding tert-OH is 1. The van der Waals surface area contributed by atoms with Crippen LogP contribution < -0.4 is 0 Å². The number of benzene rings is 1. The molecule has 1 aromatic rings.